The summed E-state index contributed by atoms with van der Waals surface area (Å²) in [5.41, 5.74) is 3.17. The van der Waals surface area contributed by atoms with E-state index in [-0.39, 0.29) is 5.91 Å². The van der Waals surface area contributed by atoms with Crippen molar-refractivity contribution in [3.8, 4) is 0 Å². The zero-order valence-corrected chi connectivity index (χ0v) is 13.1. The fourth-order valence-corrected chi connectivity index (χ4v) is 3.05. The number of carbonyl (C=O) groups is 1. The Hall–Kier alpha value is -1.20. The van der Waals surface area contributed by atoms with E-state index in [9.17, 15) is 4.79 Å². The summed E-state index contributed by atoms with van der Waals surface area (Å²) in [5, 5.41) is 2.90. The Kier molecular flexibility index (Phi) is 5.31. The summed E-state index contributed by atoms with van der Waals surface area (Å²) in [6.07, 6.45) is -0.437. The number of thioether (sulfide) groups is 1. The molecule has 1 saturated heterocycles. The largest absolute Gasteiger partial charge is 0.372 e. The fraction of sp³-hybridized carbons (Fsp3) is 0.533. The van der Waals surface area contributed by atoms with Gasteiger partial charge in [0.2, 0.25) is 0 Å². The Bertz CT molecular complexity index is 473. The number of ether oxygens (including phenoxy) is 1. The minimum absolute atomic E-state index is 0.113. The number of anilines is 2. The lowest BCUT2D eigenvalue weighted by Gasteiger charge is -2.29. The van der Waals surface area contributed by atoms with Crippen LogP contribution in [-0.2, 0) is 9.53 Å². The smallest absolute Gasteiger partial charge is 0.253 e. The average molecular weight is 294 g/mol. The summed E-state index contributed by atoms with van der Waals surface area (Å²) in [7, 11) is 1.54. The van der Waals surface area contributed by atoms with Crippen molar-refractivity contribution in [2.45, 2.75) is 20.0 Å². The molecule has 2 rings (SSSR count). The molecule has 0 spiro atoms. The molecule has 1 aromatic rings. The van der Waals surface area contributed by atoms with Crippen LogP contribution in [0.3, 0.4) is 0 Å². The van der Waals surface area contributed by atoms with Gasteiger partial charge in [-0.05, 0) is 37.6 Å². The molecule has 1 aliphatic heterocycles. The maximum atomic E-state index is 11.8. The first-order valence-corrected chi connectivity index (χ1v) is 8.04. The number of hydrogen-bond acceptors (Lipinski definition) is 4. The zero-order valence-electron chi connectivity index (χ0n) is 12.3. The predicted molar refractivity (Wildman–Crippen MR) is 85.8 cm³/mol. The van der Waals surface area contributed by atoms with Crippen LogP contribution in [0.2, 0.25) is 0 Å². The van der Waals surface area contributed by atoms with Gasteiger partial charge in [0.1, 0.15) is 6.10 Å². The number of nitrogens with zero attached hydrogens (tertiary/aromatic N) is 1. The van der Waals surface area contributed by atoms with E-state index in [1.807, 2.05) is 24.8 Å². The third kappa shape index (κ3) is 3.67. The highest BCUT2D eigenvalue weighted by Crippen LogP contribution is 2.25. The van der Waals surface area contributed by atoms with Crippen molar-refractivity contribution in [2.75, 3.05) is 41.9 Å². The first kappa shape index (κ1) is 15.2. The molecule has 110 valence electrons. The van der Waals surface area contributed by atoms with Gasteiger partial charge in [-0.15, -0.1) is 0 Å². The SMILES string of the molecule is CO[C@H](C)C(=O)Nc1ccc(N2CCSCC2)cc1C. The van der Waals surface area contributed by atoms with Crippen LogP contribution in [0.25, 0.3) is 0 Å². The normalized spacial score (nSPS) is 16.9. The third-order valence-electron chi connectivity index (χ3n) is 3.57. The lowest BCUT2D eigenvalue weighted by atomic mass is 10.1. The highest BCUT2D eigenvalue weighted by atomic mass is 32.2. The molecule has 1 N–H and O–H groups in total. The standard InChI is InChI=1S/C15H22N2O2S/c1-11-10-13(17-6-8-20-9-7-17)4-5-14(11)16-15(18)12(2)19-3/h4-5,10,12H,6-9H2,1-3H3,(H,16,18)/t12-/m1/s1. The first-order valence-electron chi connectivity index (χ1n) is 6.89. The monoisotopic (exact) mass is 294 g/mol. The third-order valence-corrected chi connectivity index (χ3v) is 4.51. The second kappa shape index (κ2) is 6.99. The van der Waals surface area contributed by atoms with Gasteiger partial charge in [0.15, 0.2) is 0 Å². The number of hydrogen-bond donors (Lipinski definition) is 1. The highest BCUT2D eigenvalue weighted by Gasteiger charge is 2.15. The molecule has 1 aliphatic rings. The molecular weight excluding hydrogens is 272 g/mol. The van der Waals surface area contributed by atoms with Crippen LogP contribution in [-0.4, -0.2) is 43.7 Å². The molecule has 1 atom stereocenters. The van der Waals surface area contributed by atoms with Crippen molar-refractivity contribution in [3.63, 3.8) is 0 Å². The molecule has 1 heterocycles. The molecule has 0 radical (unpaired) electrons. The maximum absolute atomic E-state index is 11.8. The lowest BCUT2D eigenvalue weighted by Crippen LogP contribution is -2.32. The molecule has 4 nitrogen and oxygen atoms in total. The van der Waals surface area contributed by atoms with E-state index in [4.69, 9.17) is 4.74 Å². The molecule has 1 fully saturated rings. The number of nitrogens with one attached hydrogen (secondary N) is 1. The number of amides is 1. The number of rotatable bonds is 4. The van der Waals surface area contributed by atoms with E-state index in [0.29, 0.717) is 0 Å². The average Bonchev–Trinajstić information content (AvgIpc) is 2.49. The summed E-state index contributed by atoms with van der Waals surface area (Å²) in [6.45, 7) is 5.95. The van der Waals surface area contributed by atoms with Gasteiger partial charge in [-0.3, -0.25) is 4.79 Å². The maximum Gasteiger partial charge on any atom is 0.253 e. The molecule has 5 heteroatoms. The molecule has 0 aromatic heterocycles. The van der Waals surface area contributed by atoms with Crippen LogP contribution in [0, 0.1) is 6.92 Å². The van der Waals surface area contributed by atoms with Crippen molar-refractivity contribution in [1.29, 1.82) is 0 Å². The Labute approximate surface area is 124 Å². The van der Waals surface area contributed by atoms with Crippen LogP contribution >= 0.6 is 11.8 Å². The highest BCUT2D eigenvalue weighted by molar-refractivity contribution is 7.99. The van der Waals surface area contributed by atoms with Crippen LogP contribution in [0.4, 0.5) is 11.4 Å². The molecule has 1 aromatic carbocycles. The van der Waals surface area contributed by atoms with Gasteiger partial charge in [0.25, 0.3) is 5.91 Å². The van der Waals surface area contributed by atoms with E-state index in [2.05, 4.69) is 22.3 Å². The van der Waals surface area contributed by atoms with Gasteiger partial charge in [-0.25, -0.2) is 0 Å². The molecule has 20 heavy (non-hydrogen) atoms. The van der Waals surface area contributed by atoms with Gasteiger partial charge < -0.3 is 15.0 Å². The van der Waals surface area contributed by atoms with E-state index < -0.39 is 6.10 Å². The summed E-state index contributed by atoms with van der Waals surface area (Å²) in [6, 6.07) is 6.20. The Morgan fingerprint density at radius 3 is 2.70 bits per heavy atom. The predicted octanol–water partition coefficient (Wildman–Crippen LogP) is 2.52. The molecule has 0 saturated carbocycles. The molecule has 0 unspecified atom stereocenters. The van der Waals surface area contributed by atoms with E-state index in [1.165, 1.54) is 24.3 Å². The van der Waals surface area contributed by atoms with E-state index in [1.54, 1.807) is 6.92 Å². The number of aryl methyl sites for hydroxylation is 1. The van der Waals surface area contributed by atoms with Gasteiger partial charge in [-0.1, -0.05) is 0 Å². The van der Waals surface area contributed by atoms with Crippen LogP contribution in [0.15, 0.2) is 18.2 Å². The number of carbonyl (C=O) groups excluding carboxylic acids is 1. The molecular formula is C15H22N2O2S. The van der Waals surface area contributed by atoms with Crippen LogP contribution in [0.5, 0.6) is 0 Å². The molecule has 0 aliphatic carbocycles. The van der Waals surface area contributed by atoms with Gasteiger partial charge in [0, 0.05) is 43.1 Å². The van der Waals surface area contributed by atoms with Crippen molar-refractivity contribution in [3.05, 3.63) is 23.8 Å². The van der Waals surface area contributed by atoms with Crippen LogP contribution in [0.1, 0.15) is 12.5 Å². The summed E-state index contributed by atoms with van der Waals surface area (Å²) < 4.78 is 5.02. The van der Waals surface area contributed by atoms with Crippen molar-refractivity contribution in [2.24, 2.45) is 0 Å². The lowest BCUT2D eigenvalue weighted by molar-refractivity contribution is -0.124. The minimum Gasteiger partial charge on any atom is -0.372 e. The summed E-state index contributed by atoms with van der Waals surface area (Å²) in [5.74, 6) is 2.25. The van der Waals surface area contributed by atoms with Gasteiger partial charge >= 0.3 is 0 Å². The topological polar surface area (TPSA) is 41.6 Å². The zero-order chi connectivity index (χ0) is 14.5. The number of benzene rings is 1. The summed E-state index contributed by atoms with van der Waals surface area (Å²) >= 11 is 2.00. The molecule has 0 bridgehead atoms. The minimum atomic E-state index is -0.437. The van der Waals surface area contributed by atoms with Gasteiger partial charge in [0.05, 0.1) is 0 Å². The first-order chi connectivity index (χ1) is 9.61. The second-order valence-electron chi connectivity index (χ2n) is 4.97. The Morgan fingerprint density at radius 2 is 2.10 bits per heavy atom. The number of methoxy groups -OCH3 is 1. The van der Waals surface area contributed by atoms with Gasteiger partial charge in [-0.2, -0.15) is 11.8 Å². The fourth-order valence-electron chi connectivity index (χ4n) is 2.15. The van der Waals surface area contributed by atoms with E-state index in [0.717, 1.165) is 24.3 Å². The second-order valence-corrected chi connectivity index (χ2v) is 6.19. The Balaban J connectivity index is 2.07. The van der Waals surface area contributed by atoms with Crippen molar-refractivity contribution < 1.29 is 9.53 Å². The van der Waals surface area contributed by atoms with E-state index >= 15 is 0 Å². The van der Waals surface area contributed by atoms with Crippen molar-refractivity contribution >= 4 is 29.0 Å². The Morgan fingerprint density at radius 1 is 1.40 bits per heavy atom. The van der Waals surface area contributed by atoms with Crippen LogP contribution < -0.4 is 10.2 Å². The molecule has 1 amide bonds. The quantitative estimate of drug-likeness (QED) is 0.926. The summed E-state index contributed by atoms with van der Waals surface area (Å²) in [4.78, 5) is 14.2. The van der Waals surface area contributed by atoms with Crippen molar-refractivity contribution in [1.82, 2.24) is 0 Å².